The zero-order chi connectivity index (χ0) is 19.8. The summed E-state index contributed by atoms with van der Waals surface area (Å²) in [5.41, 5.74) is 0.460. The third-order valence-electron chi connectivity index (χ3n) is 4.18. The van der Waals surface area contributed by atoms with E-state index in [0.717, 1.165) is 0 Å². The Balaban J connectivity index is 1.74. The lowest BCUT2D eigenvalue weighted by molar-refractivity contribution is 0.0891. The number of aromatic nitrogens is 4. The van der Waals surface area contributed by atoms with Gasteiger partial charge in [-0.25, -0.2) is 17.9 Å². The van der Waals surface area contributed by atoms with Crippen LogP contribution in [-0.2, 0) is 0 Å². The van der Waals surface area contributed by atoms with E-state index in [2.05, 4.69) is 20.6 Å². The zero-order valence-electron chi connectivity index (χ0n) is 14.1. The number of nitrogens with zero attached hydrogens (tertiary/aromatic N) is 3. The van der Waals surface area contributed by atoms with Gasteiger partial charge in [-0.1, -0.05) is 12.1 Å². The topological polar surface area (TPSA) is 92.7 Å². The number of halogens is 3. The molecule has 2 heterocycles. The van der Waals surface area contributed by atoms with Crippen molar-refractivity contribution >= 4 is 27.8 Å². The van der Waals surface area contributed by atoms with Crippen LogP contribution in [0, 0.1) is 5.82 Å². The molecular formula is C18H12F3N5O2. The zero-order valence-corrected chi connectivity index (χ0v) is 14.1. The molecule has 2 N–H and O–H groups in total. The second-order valence-electron chi connectivity index (χ2n) is 5.96. The summed E-state index contributed by atoms with van der Waals surface area (Å²) >= 11 is 0. The predicted octanol–water partition coefficient (Wildman–Crippen LogP) is 2.40. The monoisotopic (exact) mass is 387 g/mol. The number of hydrogen-bond acceptors (Lipinski definition) is 4. The van der Waals surface area contributed by atoms with Crippen molar-refractivity contribution in [1.29, 1.82) is 0 Å². The number of rotatable bonds is 4. The summed E-state index contributed by atoms with van der Waals surface area (Å²) in [6, 6.07) is 10.1. The maximum absolute atomic E-state index is 13.9. The normalized spacial score (nSPS) is 11.4. The second-order valence-corrected chi connectivity index (χ2v) is 5.96. The van der Waals surface area contributed by atoms with E-state index in [-0.39, 0.29) is 16.6 Å². The Kier molecular flexibility index (Phi) is 4.30. The molecule has 0 spiro atoms. The fourth-order valence-corrected chi connectivity index (χ4v) is 2.84. The predicted molar refractivity (Wildman–Crippen MR) is 95.3 cm³/mol. The van der Waals surface area contributed by atoms with E-state index >= 15 is 0 Å². The van der Waals surface area contributed by atoms with Gasteiger partial charge in [0.25, 0.3) is 17.9 Å². The number of hydrogen-bond donors (Lipinski definition) is 2. The van der Waals surface area contributed by atoms with Gasteiger partial charge in [-0.15, -0.1) is 10.2 Å². The van der Waals surface area contributed by atoms with E-state index in [1.54, 1.807) is 6.07 Å². The smallest absolute Gasteiger partial charge is 0.299 e. The molecule has 7 nitrogen and oxygen atoms in total. The Morgan fingerprint density at radius 3 is 2.54 bits per heavy atom. The lowest BCUT2D eigenvalue weighted by Gasteiger charge is -2.06. The number of alkyl halides is 2. The number of amides is 1. The molecule has 0 aliphatic heterocycles. The maximum atomic E-state index is 13.9. The van der Waals surface area contributed by atoms with Crippen molar-refractivity contribution < 1.29 is 18.0 Å². The molecule has 4 aromatic rings. The highest BCUT2D eigenvalue weighted by Gasteiger charge is 2.16. The van der Waals surface area contributed by atoms with Crippen LogP contribution in [-0.4, -0.2) is 38.9 Å². The lowest BCUT2D eigenvalue weighted by Crippen LogP contribution is -2.28. The highest BCUT2D eigenvalue weighted by molar-refractivity contribution is 6.01. The molecule has 0 radical (unpaired) electrons. The first kappa shape index (κ1) is 17.7. The summed E-state index contributed by atoms with van der Waals surface area (Å²) in [5, 5.41) is 13.0. The average Bonchev–Trinajstić information content (AvgIpc) is 3.03. The molecule has 10 heteroatoms. The maximum Gasteiger partial charge on any atom is 0.299 e. The minimum Gasteiger partial charge on any atom is -0.346 e. The van der Waals surface area contributed by atoms with E-state index in [0.29, 0.717) is 16.6 Å². The first-order valence-electron chi connectivity index (χ1n) is 8.18. The van der Waals surface area contributed by atoms with Gasteiger partial charge < -0.3 is 5.32 Å². The molecular weight excluding hydrogens is 375 g/mol. The first-order chi connectivity index (χ1) is 13.5. The molecule has 142 valence electrons. The SMILES string of the molecule is O=C(NCC(F)F)c1ccc(-n2[nH]c3c(nnc4c(F)cccc43)c2=O)cc1. The number of aromatic amines is 1. The number of nitrogens with one attached hydrogen (secondary N) is 2. The minimum atomic E-state index is -2.64. The largest absolute Gasteiger partial charge is 0.346 e. The number of carbonyl (C=O) groups is 1. The molecule has 0 unspecified atom stereocenters. The average molecular weight is 387 g/mol. The van der Waals surface area contributed by atoms with Crippen LogP contribution < -0.4 is 10.9 Å². The van der Waals surface area contributed by atoms with Gasteiger partial charge in [-0.05, 0) is 30.3 Å². The van der Waals surface area contributed by atoms with Crippen LogP contribution in [0.3, 0.4) is 0 Å². The summed E-state index contributed by atoms with van der Waals surface area (Å²) in [6.45, 7) is -0.746. The van der Waals surface area contributed by atoms with Crippen molar-refractivity contribution in [3.8, 4) is 5.69 Å². The highest BCUT2D eigenvalue weighted by atomic mass is 19.3. The van der Waals surface area contributed by atoms with Crippen molar-refractivity contribution in [1.82, 2.24) is 25.3 Å². The fraction of sp³-hybridized carbons (Fsp3) is 0.111. The molecule has 0 aliphatic rings. The van der Waals surface area contributed by atoms with Gasteiger partial charge in [0, 0.05) is 10.9 Å². The Morgan fingerprint density at radius 2 is 1.82 bits per heavy atom. The van der Waals surface area contributed by atoms with Gasteiger partial charge in [0.15, 0.2) is 11.3 Å². The van der Waals surface area contributed by atoms with E-state index < -0.39 is 30.3 Å². The van der Waals surface area contributed by atoms with Crippen LogP contribution in [0.25, 0.3) is 27.6 Å². The van der Waals surface area contributed by atoms with Gasteiger partial charge >= 0.3 is 0 Å². The van der Waals surface area contributed by atoms with E-state index in [4.69, 9.17) is 0 Å². The van der Waals surface area contributed by atoms with Crippen molar-refractivity contribution in [2.24, 2.45) is 0 Å². The van der Waals surface area contributed by atoms with Gasteiger partial charge in [0.05, 0.1) is 17.7 Å². The molecule has 2 aromatic heterocycles. The standard InChI is InChI=1S/C18H12F3N5O2/c19-12-3-1-2-11-14(12)23-24-16-15(11)25-26(18(16)28)10-6-4-9(5-7-10)17(27)22-8-13(20)21/h1-7,13,25H,8H2,(H,22,27). The molecule has 0 saturated heterocycles. The fourth-order valence-electron chi connectivity index (χ4n) is 2.84. The van der Waals surface area contributed by atoms with Crippen molar-refractivity contribution in [2.45, 2.75) is 6.43 Å². The number of benzene rings is 2. The van der Waals surface area contributed by atoms with Crippen LogP contribution in [0.15, 0.2) is 47.3 Å². The summed E-state index contributed by atoms with van der Waals surface area (Å²) in [7, 11) is 0. The summed E-state index contributed by atoms with van der Waals surface area (Å²) in [6.07, 6.45) is -2.64. The van der Waals surface area contributed by atoms with Crippen molar-refractivity contribution in [3.05, 3.63) is 64.2 Å². The van der Waals surface area contributed by atoms with E-state index in [1.807, 2.05) is 0 Å². The Labute approximate surface area is 154 Å². The third kappa shape index (κ3) is 2.98. The van der Waals surface area contributed by atoms with Crippen LogP contribution in [0.1, 0.15) is 10.4 Å². The molecule has 2 aromatic carbocycles. The third-order valence-corrected chi connectivity index (χ3v) is 4.18. The van der Waals surface area contributed by atoms with E-state index in [1.165, 1.54) is 41.1 Å². The number of fused-ring (bicyclic) bond motifs is 3. The molecule has 0 saturated carbocycles. The van der Waals surface area contributed by atoms with Gasteiger partial charge in [0.1, 0.15) is 5.52 Å². The van der Waals surface area contributed by atoms with Gasteiger partial charge in [-0.3, -0.25) is 14.7 Å². The lowest BCUT2D eigenvalue weighted by atomic mass is 10.2. The highest BCUT2D eigenvalue weighted by Crippen LogP contribution is 2.21. The molecule has 1 amide bonds. The minimum absolute atomic E-state index is 0.0365. The van der Waals surface area contributed by atoms with Crippen LogP contribution >= 0.6 is 0 Å². The molecule has 0 bridgehead atoms. The second kappa shape index (κ2) is 6.80. The molecule has 4 rings (SSSR count). The van der Waals surface area contributed by atoms with Crippen LogP contribution in [0.4, 0.5) is 13.2 Å². The number of H-pyrrole nitrogens is 1. The van der Waals surface area contributed by atoms with Gasteiger partial charge in [0.2, 0.25) is 0 Å². The first-order valence-corrected chi connectivity index (χ1v) is 8.18. The number of carbonyl (C=O) groups excluding carboxylic acids is 1. The quantitative estimate of drug-likeness (QED) is 0.562. The molecule has 0 atom stereocenters. The van der Waals surface area contributed by atoms with Crippen LogP contribution in [0.5, 0.6) is 0 Å². The van der Waals surface area contributed by atoms with Crippen LogP contribution in [0.2, 0.25) is 0 Å². The van der Waals surface area contributed by atoms with Gasteiger partial charge in [-0.2, -0.15) is 0 Å². The summed E-state index contributed by atoms with van der Waals surface area (Å²) in [5.74, 6) is -1.21. The molecule has 0 aliphatic carbocycles. The molecule has 0 fully saturated rings. The Hall–Kier alpha value is -3.69. The summed E-state index contributed by atoms with van der Waals surface area (Å²) < 4.78 is 39.4. The summed E-state index contributed by atoms with van der Waals surface area (Å²) in [4.78, 5) is 24.4. The molecule has 28 heavy (non-hydrogen) atoms. The van der Waals surface area contributed by atoms with Crippen molar-refractivity contribution in [3.63, 3.8) is 0 Å². The Bertz CT molecular complexity index is 1250. The van der Waals surface area contributed by atoms with E-state index in [9.17, 15) is 22.8 Å². The Morgan fingerprint density at radius 1 is 1.11 bits per heavy atom. The van der Waals surface area contributed by atoms with Crippen molar-refractivity contribution in [2.75, 3.05) is 6.54 Å².